The smallest absolute Gasteiger partial charge is 0.272 e. The van der Waals surface area contributed by atoms with E-state index in [0.717, 1.165) is 5.56 Å². The zero-order valence-electron chi connectivity index (χ0n) is 7.93. The molecule has 0 heterocycles. The number of amides is 1. The van der Waals surface area contributed by atoms with Gasteiger partial charge in [0.15, 0.2) is 5.96 Å². The topological polar surface area (TPSA) is 81.5 Å². The van der Waals surface area contributed by atoms with E-state index in [9.17, 15) is 4.79 Å². The van der Waals surface area contributed by atoms with Crippen molar-refractivity contribution in [1.29, 1.82) is 0 Å². The van der Waals surface area contributed by atoms with E-state index in [1.165, 1.54) is 6.08 Å². The van der Waals surface area contributed by atoms with Crippen LogP contribution in [0.2, 0.25) is 0 Å². The van der Waals surface area contributed by atoms with Gasteiger partial charge < -0.3 is 23.9 Å². The van der Waals surface area contributed by atoms with Crippen molar-refractivity contribution in [3.63, 3.8) is 0 Å². The van der Waals surface area contributed by atoms with Crippen LogP contribution in [0.3, 0.4) is 0 Å². The summed E-state index contributed by atoms with van der Waals surface area (Å²) in [4.78, 5) is 14.3. The Balaban J connectivity index is 0.00000196. The quantitative estimate of drug-likeness (QED) is 0.331. The molecule has 0 aromatic heterocycles. The van der Waals surface area contributed by atoms with Gasteiger partial charge in [-0.3, -0.25) is 4.79 Å². The van der Waals surface area contributed by atoms with Crippen molar-refractivity contribution in [2.24, 2.45) is 16.5 Å². The first-order valence-electron chi connectivity index (χ1n) is 4.05. The van der Waals surface area contributed by atoms with Crippen molar-refractivity contribution in [3.8, 4) is 0 Å². The average Bonchev–Trinajstić information content (AvgIpc) is 2.15. The summed E-state index contributed by atoms with van der Waals surface area (Å²) in [5.41, 5.74) is 11.0. The summed E-state index contributed by atoms with van der Waals surface area (Å²) in [6.45, 7) is 0. The van der Waals surface area contributed by atoms with Crippen molar-refractivity contribution in [3.05, 3.63) is 42.0 Å². The number of rotatable bonds is 2. The van der Waals surface area contributed by atoms with Gasteiger partial charge in [0.2, 0.25) is 0 Å². The maximum Gasteiger partial charge on any atom is 0.272 e. The van der Waals surface area contributed by atoms with Crippen LogP contribution in [-0.2, 0) is 4.79 Å². The van der Waals surface area contributed by atoms with Crippen LogP contribution in [-0.4, -0.2) is 11.9 Å². The Bertz CT molecular complexity index is 370. The van der Waals surface area contributed by atoms with E-state index in [4.69, 9.17) is 11.5 Å². The van der Waals surface area contributed by atoms with Crippen LogP contribution in [0.25, 0.3) is 6.08 Å². The summed E-state index contributed by atoms with van der Waals surface area (Å²) in [6.07, 6.45) is 2.96. The average molecular weight is 225 g/mol. The van der Waals surface area contributed by atoms with E-state index < -0.39 is 5.91 Å². The molecule has 0 radical (unpaired) electrons. The molecule has 15 heavy (non-hydrogen) atoms. The Morgan fingerprint density at radius 2 is 1.80 bits per heavy atom. The first-order valence-corrected chi connectivity index (χ1v) is 4.05. The number of halogens is 1. The van der Waals surface area contributed by atoms with Gasteiger partial charge in [-0.2, -0.15) is 4.99 Å². The lowest BCUT2D eigenvalue weighted by Crippen LogP contribution is -3.00. The number of carbonyl (C=O) groups excluding carboxylic acids is 1. The van der Waals surface area contributed by atoms with E-state index in [1.807, 2.05) is 30.3 Å². The third kappa shape index (κ3) is 5.49. The molecule has 0 saturated carbocycles. The maximum atomic E-state index is 11.0. The van der Waals surface area contributed by atoms with E-state index in [0.29, 0.717) is 0 Å². The predicted molar refractivity (Wildman–Crippen MR) is 56.3 cm³/mol. The molecule has 0 aliphatic rings. The fraction of sp³-hybridized carbons (Fsp3) is 0. The number of nitrogens with zero attached hydrogens (tertiary/aromatic N) is 1. The lowest BCUT2D eigenvalue weighted by molar-refractivity contribution is -0.113. The normalized spacial score (nSPS) is 9.33. The van der Waals surface area contributed by atoms with E-state index in [2.05, 4.69) is 4.99 Å². The van der Waals surface area contributed by atoms with Gasteiger partial charge in [0.1, 0.15) is 0 Å². The molecule has 5 heteroatoms. The van der Waals surface area contributed by atoms with Gasteiger partial charge in [0.05, 0.1) is 0 Å². The Hall–Kier alpha value is -1.81. The summed E-state index contributed by atoms with van der Waals surface area (Å²) in [5, 5.41) is 0. The van der Waals surface area contributed by atoms with Crippen molar-refractivity contribution in [1.82, 2.24) is 0 Å². The summed E-state index contributed by atoms with van der Waals surface area (Å²) >= 11 is 0. The first-order chi connectivity index (χ1) is 6.68. The van der Waals surface area contributed by atoms with Gasteiger partial charge in [-0.05, 0) is 11.6 Å². The largest absolute Gasteiger partial charge is 1.00 e. The summed E-state index contributed by atoms with van der Waals surface area (Å²) < 4.78 is 0. The molecule has 1 rings (SSSR count). The molecule has 1 amide bonds. The molecule has 80 valence electrons. The van der Waals surface area contributed by atoms with Crippen LogP contribution < -0.4 is 23.9 Å². The van der Waals surface area contributed by atoms with Crippen molar-refractivity contribution >= 4 is 17.9 Å². The minimum Gasteiger partial charge on any atom is -1.00 e. The first kappa shape index (κ1) is 13.2. The lowest BCUT2D eigenvalue weighted by Gasteiger charge is -1.90. The maximum absolute atomic E-state index is 11.0. The standard InChI is InChI=1S/C10H11N3O.ClH/c11-10(12)13-9(14)7-6-8-4-2-1-3-5-8;/h1-7H,(H4,11,12,13,14);1H/p-1/b7-6+;. The Morgan fingerprint density at radius 1 is 1.20 bits per heavy atom. The molecule has 1 aromatic rings. The summed E-state index contributed by atoms with van der Waals surface area (Å²) in [6, 6.07) is 9.41. The van der Waals surface area contributed by atoms with Crippen LogP contribution in [0.5, 0.6) is 0 Å². The number of aliphatic imine (C=N–C) groups is 1. The summed E-state index contributed by atoms with van der Waals surface area (Å²) in [5.74, 6) is -0.693. The Morgan fingerprint density at radius 3 is 2.33 bits per heavy atom. The molecule has 0 saturated heterocycles. The van der Waals surface area contributed by atoms with Gasteiger partial charge in [0.25, 0.3) is 5.91 Å². The number of carbonyl (C=O) groups is 1. The molecule has 0 bridgehead atoms. The lowest BCUT2D eigenvalue weighted by atomic mass is 10.2. The molecule has 0 unspecified atom stereocenters. The van der Waals surface area contributed by atoms with Gasteiger partial charge >= 0.3 is 0 Å². The summed E-state index contributed by atoms with van der Waals surface area (Å²) in [7, 11) is 0. The second-order valence-corrected chi connectivity index (χ2v) is 2.62. The van der Waals surface area contributed by atoms with Gasteiger partial charge in [-0.25, -0.2) is 0 Å². The number of nitrogens with two attached hydrogens (primary N) is 2. The molecule has 0 spiro atoms. The zero-order valence-corrected chi connectivity index (χ0v) is 8.69. The van der Waals surface area contributed by atoms with Crippen LogP contribution in [0.15, 0.2) is 41.4 Å². The van der Waals surface area contributed by atoms with Crippen molar-refractivity contribution < 1.29 is 17.2 Å². The number of benzene rings is 1. The van der Waals surface area contributed by atoms with Crippen LogP contribution in [0, 0.1) is 0 Å². The highest BCUT2D eigenvalue weighted by atomic mass is 35.5. The van der Waals surface area contributed by atoms with Gasteiger partial charge in [-0.1, -0.05) is 30.3 Å². The highest BCUT2D eigenvalue weighted by Crippen LogP contribution is 2.00. The second kappa shape index (κ2) is 6.62. The molecule has 0 aliphatic heterocycles. The molecule has 4 N–H and O–H groups in total. The fourth-order valence-electron chi connectivity index (χ4n) is 0.896. The highest BCUT2D eigenvalue weighted by Gasteiger charge is 1.91. The number of hydrogen-bond donors (Lipinski definition) is 2. The highest BCUT2D eigenvalue weighted by molar-refractivity contribution is 5.99. The molecule has 0 atom stereocenters. The van der Waals surface area contributed by atoms with E-state index in [1.54, 1.807) is 6.08 Å². The number of guanidine groups is 1. The molecular formula is C10H11ClN3O-. The van der Waals surface area contributed by atoms with Crippen LogP contribution >= 0.6 is 0 Å². The van der Waals surface area contributed by atoms with Crippen molar-refractivity contribution in [2.45, 2.75) is 0 Å². The van der Waals surface area contributed by atoms with E-state index in [-0.39, 0.29) is 18.4 Å². The van der Waals surface area contributed by atoms with Crippen molar-refractivity contribution in [2.75, 3.05) is 0 Å². The minimum absolute atomic E-state index is 0. The minimum atomic E-state index is -0.464. The Labute approximate surface area is 94.1 Å². The van der Waals surface area contributed by atoms with E-state index >= 15 is 0 Å². The molecule has 4 nitrogen and oxygen atoms in total. The third-order valence-corrected chi connectivity index (χ3v) is 1.46. The predicted octanol–water partition coefficient (Wildman–Crippen LogP) is -2.50. The fourth-order valence-corrected chi connectivity index (χ4v) is 0.896. The molecular weight excluding hydrogens is 214 g/mol. The number of hydrogen-bond acceptors (Lipinski definition) is 1. The third-order valence-electron chi connectivity index (χ3n) is 1.46. The Kier molecular flexibility index (Phi) is 5.82. The molecule has 1 aromatic carbocycles. The second-order valence-electron chi connectivity index (χ2n) is 2.62. The molecule has 0 aliphatic carbocycles. The van der Waals surface area contributed by atoms with Gasteiger partial charge in [-0.15, -0.1) is 0 Å². The zero-order chi connectivity index (χ0) is 10.4. The SMILES string of the molecule is NC(N)=NC(=O)/C=C/c1ccccc1.[Cl-]. The van der Waals surface area contributed by atoms with Gasteiger partial charge in [0, 0.05) is 6.08 Å². The monoisotopic (exact) mass is 224 g/mol. The van der Waals surface area contributed by atoms with Crippen LogP contribution in [0.1, 0.15) is 5.56 Å². The molecule has 0 fully saturated rings. The van der Waals surface area contributed by atoms with Crippen LogP contribution in [0.4, 0.5) is 0 Å².